The number of nitrogens with zero attached hydrogens (tertiary/aromatic N) is 5. The van der Waals surface area contributed by atoms with E-state index in [9.17, 15) is 5.26 Å². The second-order valence-corrected chi connectivity index (χ2v) is 9.84. The third-order valence-electron chi connectivity index (χ3n) is 6.35. The summed E-state index contributed by atoms with van der Waals surface area (Å²) >= 11 is 0. The largest absolute Gasteiger partial charge is 2.00 e. The van der Waals surface area contributed by atoms with E-state index in [2.05, 4.69) is 54.7 Å². The first kappa shape index (κ1) is 25.4. The Hall–Kier alpha value is -4.20. The van der Waals surface area contributed by atoms with Crippen LogP contribution in [0.1, 0.15) is 31.9 Å². The zero-order valence-corrected chi connectivity index (χ0v) is 23.3. The Kier molecular flexibility index (Phi) is 6.65. The maximum atomic E-state index is 10.1. The Morgan fingerprint density at radius 2 is 1.76 bits per heavy atom. The molecule has 0 aliphatic heterocycles. The molecule has 6 nitrogen and oxygen atoms in total. The van der Waals surface area contributed by atoms with Crippen LogP contribution in [0.15, 0.2) is 85.3 Å². The van der Waals surface area contributed by atoms with Crippen LogP contribution >= 0.6 is 0 Å². The fourth-order valence-corrected chi connectivity index (χ4v) is 4.53. The van der Waals surface area contributed by atoms with Gasteiger partial charge in [0.15, 0.2) is 0 Å². The van der Waals surface area contributed by atoms with Gasteiger partial charge in [0.05, 0.1) is 6.07 Å². The van der Waals surface area contributed by atoms with Crippen LogP contribution in [-0.2, 0) is 26.5 Å². The van der Waals surface area contributed by atoms with Gasteiger partial charge >= 0.3 is 21.1 Å². The first-order valence-electron chi connectivity index (χ1n) is 12.0. The molecule has 0 fully saturated rings. The second-order valence-electron chi connectivity index (χ2n) is 9.84. The molecule has 0 radical (unpaired) electrons. The summed E-state index contributed by atoms with van der Waals surface area (Å²) < 4.78 is 9.96. The molecule has 0 aliphatic carbocycles. The number of fused-ring (bicyclic) bond motifs is 3. The van der Waals surface area contributed by atoms with Crippen LogP contribution in [0.25, 0.3) is 33.3 Å². The standard InChI is InChI=1S/C31H23N5O.Pt/c1-31(2,3)22-12-14-33-29(17-22)36-27-11-5-4-10-26(27)30-21(20-32)16-25(19-28(30)36)37-24-9-6-8-23(18-24)35-15-7-13-34-35;/h4-17H,1-3H3;/q-2;+2. The minimum atomic E-state index is -0.0400. The van der Waals surface area contributed by atoms with Crippen molar-refractivity contribution in [2.24, 2.45) is 0 Å². The van der Waals surface area contributed by atoms with Gasteiger partial charge in [0.25, 0.3) is 0 Å². The quantitative estimate of drug-likeness (QED) is 0.190. The summed E-state index contributed by atoms with van der Waals surface area (Å²) in [6, 6.07) is 30.4. The van der Waals surface area contributed by atoms with Crippen LogP contribution < -0.4 is 4.74 Å². The Labute approximate surface area is 235 Å². The van der Waals surface area contributed by atoms with Gasteiger partial charge in [-0.25, -0.2) is 4.98 Å². The summed E-state index contributed by atoms with van der Waals surface area (Å²) in [5.74, 6) is 1.69. The molecule has 0 N–H and O–H groups in total. The molecule has 0 spiro atoms. The first-order chi connectivity index (χ1) is 17.9. The van der Waals surface area contributed by atoms with Crippen molar-refractivity contribution in [3.63, 3.8) is 0 Å². The molecule has 0 atom stereocenters. The van der Waals surface area contributed by atoms with Gasteiger partial charge in [0.1, 0.15) is 5.82 Å². The Balaban J connectivity index is 0.00000294. The molecule has 0 aliphatic rings. The van der Waals surface area contributed by atoms with Crippen molar-refractivity contribution >= 4 is 21.8 Å². The molecule has 3 aromatic carbocycles. The molecule has 0 bridgehead atoms. The van der Waals surface area contributed by atoms with Crippen molar-refractivity contribution in [1.29, 1.82) is 5.26 Å². The molecule has 0 saturated carbocycles. The normalized spacial score (nSPS) is 11.3. The fourth-order valence-electron chi connectivity index (χ4n) is 4.53. The summed E-state index contributed by atoms with van der Waals surface area (Å²) in [5, 5.41) is 16.2. The van der Waals surface area contributed by atoms with Crippen LogP contribution in [0, 0.1) is 23.5 Å². The topological polar surface area (TPSA) is 68.7 Å². The molecule has 0 saturated heterocycles. The van der Waals surface area contributed by atoms with Gasteiger partial charge in [0.2, 0.25) is 0 Å². The number of pyridine rings is 1. The number of hydrogen-bond donors (Lipinski definition) is 0. The number of para-hydroxylation sites is 1. The number of rotatable bonds is 4. The molecule has 38 heavy (non-hydrogen) atoms. The van der Waals surface area contributed by atoms with Crippen molar-refractivity contribution in [2.75, 3.05) is 0 Å². The van der Waals surface area contributed by atoms with Crippen molar-refractivity contribution < 1.29 is 25.8 Å². The molecule has 7 heteroatoms. The van der Waals surface area contributed by atoms with Crippen LogP contribution in [0.3, 0.4) is 0 Å². The van der Waals surface area contributed by atoms with E-state index in [4.69, 9.17) is 9.72 Å². The molecule has 6 aromatic rings. The van der Waals surface area contributed by atoms with Gasteiger partial charge in [0, 0.05) is 35.6 Å². The van der Waals surface area contributed by atoms with Gasteiger partial charge in [-0.15, -0.1) is 30.3 Å². The van der Waals surface area contributed by atoms with E-state index in [1.165, 1.54) is 5.56 Å². The third kappa shape index (κ3) is 4.51. The van der Waals surface area contributed by atoms with E-state index in [1.807, 2.05) is 67.0 Å². The molecule has 188 valence electrons. The van der Waals surface area contributed by atoms with Gasteiger partial charge in [-0.3, -0.25) is 4.68 Å². The van der Waals surface area contributed by atoms with Crippen LogP contribution in [0.2, 0.25) is 0 Å². The van der Waals surface area contributed by atoms with E-state index in [1.54, 1.807) is 16.9 Å². The predicted octanol–water partition coefficient (Wildman–Crippen LogP) is 6.92. The van der Waals surface area contributed by atoms with Gasteiger partial charge in [-0.1, -0.05) is 49.9 Å². The third-order valence-corrected chi connectivity index (χ3v) is 6.35. The Bertz CT molecular complexity index is 1810. The molecule has 3 heterocycles. The SMILES string of the molecule is CC(C)(C)c1ccnc(-n2c3[c-]c(Oc4[c-]c(-n5cccn5)ccc4)cc(C#N)c3c3ccccc32)c1.[Pt+2]. The van der Waals surface area contributed by atoms with Crippen LogP contribution in [-0.4, -0.2) is 19.3 Å². The number of aromatic nitrogens is 4. The van der Waals surface area contributed by atoms with E-state index >= 15 is 0 Å². The zero-order chi connectivity index (χ0) is 25.6. The zero-order valence-electron chi connectivity index (χ0n) is 21.0. The van der Waals surface area contributed by atoms with Crippen molar-refractivity contribution in [2.45, 2.75) is 26.2 Å². The first-order valence-corrected chi connectivity index (χ1v) is 12.0. The molecule has 6 rings (SSSR count). The predicted molar refractivity (Wildman–Crippen MR) is 143 cm³/mol. The summed E-state index contributed by atoms with van der Waals surface area (Å²) in [7, 11) is 0. The summed E-state index contributed by atoms with van der Waals surface area (Å²) in [5.41, 5.74) is 4.07. The Morgan fingerprint density at radius 1 is 0.921 bits per heavy atom. The van der Waals surface area contributed by atoms with Crippen LogP contribution in [0.4, 0.5) is 0 Å². The number of benzene rings is 3. The maximum Gasteiger partial charge on any atom is 2.00 e. The van der Waals surface area contributed by atoms with Crippen molar-refractivity contribution in [3.05, 3.63) is 109 Å². The smallest absolute Gasteiger partial charge is 0.509 e. The van der Waals surface area contributed by atoms with Gasteiger partial charge < -0.3 is 9.30 Å². The van der Waals surface area contributed by atoms with E-state index in [0.717, 1.165) is 33.3 Å². The minimum absolute atomic E-state index is 0. The van der Waals surface area contributed by atoms with E-state index in [-0.39, 0.29) is 26.5 Å². The summed E-state index contributed by atoms with van der Waals surface area (Å²) in [6.45, 7) is 6.53. The minimum Gasteiger partial charge on any atom is -0.509 e. The van der Waals surface area contributed by atoms with E-state index < -0.39 is 0 Å². The molecular weight excluding hydrogens is 653 g/mol. The Morgan fingerprint density at radius 3 is 2.53 bits per heavy atom. The second kappa shape index (κ2) is 9.93. The number of nitriles is 1. The summed E-state index contributed by atoms with van der Waals surface area (Å²) in [6.07, 6.45) is 5.39. The average molecular weight is 677 g/mol. The summed E-state index contributed by atoms with van der Waals surface area (Å²) in [4.78, 5) is 4.71. The molecule has 0 unspecified atom stereocenters. The van der Waals surface area contributed by atoms with E-state index in [0.29, 0.717) is 17.1 Å². The number of ether oxygens (including phenoxy) is 1. The molecule has 0 amide bonds. The van der Waals surface area contributed by atoms with Gasteiger partial charge in [-0.05, 0) is 51.9 Å². The maximum absolute atomic E-state index is 10.1. The van der Waals surface area contributed by atoms with Crippen LogP contribution in [0.5, 0.6) is 11.5 Å². The molecular formula is C31H23N5OPt. The van der Waals surface area contributed by atoms with Gasteiger partial charge in [-0.2, -0.15) is 16.4 Å². The monoisotopic (exact) mass is 676 g/mol. The number of hydrogen-bond acceptors (Lipinski definition) is 4. The fraction of sp³-hybridized carbons (Fsp3) is 0.129. The average Bonchev–Trinajstić information content (AvgIpc) is 3.55. The molecule has 3 aromatic heterocycles. The van der Waals surface area contributed by atoms with Crippen molar-refractivity contribution in [3.8, 4) is 29.1 Å². The van der Waals surface area contributed by atoms with Crippen molar-refractivity contribution in [1.82, 2.24) is 19.3 Å².